The Balaban J connectivity index is 1.73. The van der Waals surface area contributed by atoms with Crippen LogP contribution in [0.2, 0.25) is 0 Å². The molecule has 0 bridgehead atoms. The van der Waals surface area contributed by atoms with Crippen molar-refractivity contribution < 1.29 is 22.3 Å². The van der Waals surface area contributed by atoms with Gasteiger partial charge in [0, 0.05) is 5.56 Å². The smallest absolute Gasteiger partial charge is 0.274 e. The first-order valence-corrected chi connectivity index (χ1v) is 12.6. The highest BCUT2D eigenvalue weighted by Crippen LogP contribution is 2.35. The van der Waals surface area contributed by atoms with Gasteiger partial charge < -0.3 is 13.9 Å². The second kappa shape index (κ2) is 9.68. The number of benzene rings is 2. The SMILES string of the molecule is CCOc1ccc(-c2nc(CN(c3ccccc3OC)S(=O)(=O)c3cccs3)c(C)o2)cc1. The maximum atomic E-state index is 13.6. The van der Waals surface area contributed by atoms with Crippen LogP contribution in [0.15, 0.2) is 74.7 Å². The van der Waals surface area contributed by atoms with Crippen molar-refractivity contribution in [3.05, 3.63) is 77.5 Å². The topological polar surface area (TPSA) is 81.9 Å². The first-order valence-electron chi connectivity index (χ1n) is 10.3. The van der Waals surface area contributed by atoms with Crippen molar-refractivity contribution in [1.29, 1.82) is 0 Å². The molecule has 0 fully saturated rings. The van der Waals surface area contributed by atoms with Crippen molar-refractivity contribution >= 4 is 27.0 Å². The molecule has 0 spiro atoms. The fourth-order valence-electron chi connectivity index (χ4n) is 3.35. The second-order valence-corrected chi connectivity index (χ2v) is 10.1. The minimum absolute atomic E-state index is 0.00697. The van der Waals surface area contributed by atoms with Gasteiger partial charge in [-0.05, 0) is 61.7 Å². The number of sulfonamides is 1. The van der Waals surface area contributed by atoms with Crippen molar-refractivity contribution in [2.45, 2.75) is 24.6 Å². The van der Waals surface area contributed by atoms with Crippen LogP contribution >= 0.6 is 11.3 Å². The van der Waals surface area contributed by atoms with Crippen LogP contribution in [0.1, 0.15) is 18.4 Å². The van der Waals surface area contributed by atoms with E-state index in [4.69, 9.17) is 13.9 Å². The number of thiophene rings is 1. The molecule has 4 aromatic rings. The average Bonchev–Trinajstić information content (AvgIpc) is 3.49. The van der Waals surface area contributed by atoms with Gasteiger partial charge in [0.1, 0.15) is 27.2 Å². The van der Waals surface area contributed by atoms with Crippen molar-refractivity contribution in [2.75, 3.05) is 18.0 Å². The molecule has 7 nitrogen and oxygen atoms in total. The van der Waals surface area contributed by atoms with Gasteiger partial charge in [-0.15, -0.1) is 11.3 Å². The largest absolute Gasteiger partial charge is 0.495 e. The molecule has 0 unspecified atom stereocenters. The molecule has 33 heavy (non-hydrogen) atoms. The highest BCUT2D eigenvalue weighted by atomic mass is 32.2. The summed E-state index contributed by atoms with van der Waals surface area (Å²) in [7, 11) is -2.34. The normalized spacial score (nSPS) is 11.4. The van der Waals surface area contributed by atoms with Crippen LogP contribution in [0.5, 0.6) is 11.5 Å². The fourth-order valence-corrected chi connectivity index (χ4v) is 5.89. The summed E-state index contributed by atoms with van der Waals surface area (Å²) in [5.41, 5.74) is 1.72. The Hall–Kier alpha value is -3.30. The molecule has 0 aliphatic carbocycles. The fraction of sp³-hybridized carbons (Fsp3) is 0.208. The molecule has 0 saturated carbocycles. The van der Waals surface area contributed by atoms with Gasteiger partial charge in [0.2, 0.25) is 5.89 Å². The lowest BCUT2D eigenvalue weighted by atomic mass is 10.2. The number of ether oxygens (including phenoxy) is 2. The molecule has 172 valence electrons. The van der Waals surface area contributed by atoms with Gasteiger partial charge in [0.15, 0.2) is 0 Å². The highest BCUT2D eigenvalue weighted by molar-refractivity contribution is 7.94. The van der Waals surface area contributed by atoms with Crippen LogP contribution < -0.4 is 13.8 Å². The summed E-state index contributed by atoms with van der Waals surface area (Å²) in [6, 6.07) is 17.7. The number of aryl methyl sites for hydroxylation is 1. The number of hydrogen-bond acceptors (Lipinski definition) is 7. The van der Waals surface area contributed by atoms with E-state index >= 15 is 0 Å². The predicted molar refractivity (Wildman–Crippen MR) is 129 cm³/mol. The van der Waals surface area contributed by atoms with Crippen LogP contribution in [0.4, 0.5) is 5.69 Å². The summed E-state index contributed by atoms with van der Waals surface area (Å²) < 4.78 is 45.5. The summed E-state index contributed by atoms with van der Waals surface area (Å²) in [4.78, 5) is 4.62. The van der Waals surface area contributed by atoms with Gasteiger partial charge in [-0.1, -0.05) is 18.2 Å². The van der Waals surface area contributed by atoms with Crippen LogP contribution in [0, 0.1) is 6.92 Å². The number of anilines is 1. The third kappa shape index (κ3) is 4.74. The summed E-state index contributed by atoms with van der Waals surface area (Å²) in [6.07, 6.45) is 0. The number of methoxy groups -OCH3 is 1. The van der Waals surface area contributed by atoms with Gasteiger partial charge >= 0.3 is 0 Å². The Bertz CT molecular complexity index is 1310. The van der Waals surface area contributed by atoms with E-state index in [1.807, 2.05) is 31.2 Å². The molecule has 0 atom stereocenters. The maximum absolute atomic E-state index is 13.6. The lowest BCUT2D eigenvalue weighted by Gasteiger charge is -2.24. The Morgan fingerprint density at radius 2 is 1.82 bits per heavy atom. The summed E-state index contributed by atoms with van der Waals surface area (Å²) in [6.45, 7) is 4.28. The number of para-hydroxylation sites is 2. The monoisotopic (exact) mass is 484 g/mol. The minimum atomic E-state index is -3.85. The third-order valence-electron chi connectivity index (χ3n) is 4.99. The van der Waals surface area contributed by atoms with Crippen molar-refractivity contribution in [2.24, 2.45) is 0 Å². The van der Waals surface area contributed by atoms with E-state index in [-0.39, 0.29) is 10.8 Å². The quantitative estimate of drug-likeness (QED) is 0.311. The van der Waals surface area contributed by atoms with E-state index in [9.17, 15) is 8.42 Å². The second-order valence-electron chi connectivity index (χ2n) is 7.09. The minimum Gasteiger partial charge on any atom is -0.495 e. The molecule has 0 radical (unpaired) electrons. The molecule has 2 aromatic carbocycles. The van der Waals surface area contributed by atoms with E-state index < -0.39 is 10.0 Å². The molecular formula is C24H24N2O5S2. The highest BCUT2D eigenvalue weighted by Gasteiger charge is 2.30. The van der Waals surface area contributed by atoms with Crippen LogP contribution in [0.3, 0.4) is 0 Å². The average molecular weight is 485 g/mol. The van der Waals surface area contributed by atoms with E-state index in [0.717, 1.165) is 22.6 Å². The zero-order chi connectivity index (χ0) is 23.4. The lowest BCUT2D eigenvalue weighted by Crippen LogP contribution is -2.30. The van der Waals surface area contributed by atoms with E-state index in [2.05, 4.69) is 4.98 Å². The Morgan fingerprint density at radius 1 is 1.06 bits per heavy atom. The summed E-state index contributed by atoms with van der Waals surface area (Å²) in [5, 5.41) is 1.73. The van der Waals surface area contributed by atoms with E-state index in [0.29, 0.717) is 35.4 Å². The van der Waals surface area contributed by atoms with Crippen LogP contribution in [0.25, 0.3) is 11.5 Å². The molecule has 9 heteroatoms. The van der Waals surface area contributed by atoms with E-state index in [1.54, 1.807) is 48.7 Å². The number of aromatic nitrogens is 1. The first kappa shape index (κ1) is 22.9. The first-order chi connectivity index (χ1) is 15.9. The standard InChI is InChI=1S/C24H24N2O5S2/c1-4-30-19-13-11-18(12-14-19)24-25-20(17(2)31-24)16-26(21-8-5-6-9-22(21)29-3)33(27,28)23-10-7-15-32-23/h5-15H,4,16H2,1-3H3. The lowest BCUT2D eigenvalue weighted by molar-refractivity contribution is 0.340. The molecule has 0 saturated heterocycles. The van der Waals surface area contributed by atoms with Gasteiger partial charge in [0.25, 0.3) is 10.0 Å². The Kier molecular flexibility index (Phi) is 6.71. The van der Waals surface area contributed by atoms with Gasteiger partial charge in [0.05, 0.1) is 25.9 Å². The third-order valence-corrected chi connectivity index (χ3v) is 8.12. The molecule has 0 aliphatic rings. The number of hydrogen-bond donors (Lipinski definition) is 0. The van der Waals surface area contributed by atoms with Gasteiger partial charge in [-0.3, -0.25) is 4.31 Å². The Labute approximate surface area is 197 Å². The zero-order valence-corrected chi connectivity index (χ0v) is 20.2. The maximum Gasteiger partial charge on any atom is 0.274 e. The van der Waals surface area contributed by atoms with Crippen LogP contribution in [-0.4, -0.2) is 27.1 Å². The summed E-state index contributed by atoms with van der Waals surface area (Å²) >= 11 is 1.16. The van der Waals surface area contributed by atoms with Crippen molar-refractivity contribution in [1.82, 2.24) is 4.98 Å². The molecule has 0 amide bonds. The molecular weight excluding hydrogens is 460 g/mol. The Morgan fingerprint density at radius 3 is 2.48 bits per heavy atom. The summed E-state index contributed by atoms with van der Waals surface area (Å²) in [5.74, 6) is 2.17. The van der Waals surface area contributed by atoms with Gasteiger partial charge in [-0.25, -0.2) is 13.4 Å². The van der Waals surface area contributed by atoms with Crippen molar-refractivity contribution in [3.8, 4) is 23.0 Å². The van der Waals surface area contributed by atoms with Crippen LogP contribution in [-0.2, 0) is 16.6 Å². The van der Waals surface area contributed by atoms with Gasteiger partial charge in [-0.2, -0.15) is 0 Å². The number of rotatable bonds is 9. The zero-order valence-electron chi connectivity index (χ0n) is 18.5. The number of nitrogens with zero attached hydrogens (tertiary/aromatic N) is 2. The molecule has 4 rings (SSSR count). The molecule has 0 N–H and O–H groups in total. The van der Waals surface area contributed by atoms with Crippen molar-refractivity contribution in [3.63, 3.8) is 0 Å². The molecule has 2 heterocycles. The number of oxazole rings is 1. The van der Waals surface area contributed by atoms with E-state index in [1.165, 1.54) is 11.4 Å². The molecule has 2 aromatic heterocycles. The predicted octanol–water partition coefficient (Wildman–Crippen LogP) is 5.51. The molecule has 0 aliphatic heterocycles.